The first-order valence-corrected chi connectivity index (χ1v) is 10.0. The number of halogens is 3. The molecule has 0 atom stereocenters. The molecule has 1 saturated carbocycles. The van der Waals surface area contributed by atoms with Crippen LogP contribution in [0, 0.1) is 17.1 Å². The van der Waals surface area contributed by atoms with E-state index in [1.165, 1.54) is 18.2 Å². The molecule has 1 aliphatic carbocycles. The van der Waals surface area contributed by atoms with E-state index in [0.717, 1.165) is 35.7 Å². The quantitative estimate of drug-likeness (QED) is 0.469. The van der Waals surface area contributed by atoms with Crippen LogP contribution >= 0.6 is 31.9 Å². The Hall–Kier alpha value is -2.04. The number of rotatable bonds is 4. The molecule has 0 aliphatic heterocycles. The molecule has 0 radical (unpaired) electrons. The Kier molecular flexibility index (Phi) is 6.08. The molecule has 1 heterocycles. The molecule has 1 amide bonds. The van der Waals surface area contributed by atoms with Gasteiger partial charge in [-0.05, 0) is 74.5 Å². The Morgan fingerprint density at radius 1 is 1.26 bits per heavy atom. The smallest absolute Gasteiger partial charge is 0.262 e. The molecule has 0 bridgehead atoms. The highest BCUT2D eigenvalue weighted by Gasteiger charge is 2.37. The number of amides is 1. The lowest BCUT2D eigenvalue weighted by molar-refractivity contribution is -0.119. The summed E-state index contributed by atoms with van der Waals surface area (Å²) in [5.74, 6) is -0.776. The van der Waals surface area contributed by atoms with Gasteiger partial charge < -0.3 is 5.32 Å². The Morgan fingerprint density at radius 3 is 2.52 bits per heavy atom. The van der Waals surface area contributed by atoms with Crippen molar-refractivity contribution in [2.75, 3.05) is 0 Å². The highest BCUT2D eigenvalue weighted by atomic mass is 79.9. The summed E-state index contributed by atoms with van der Waals surface area (Å²) in [4.78, 5) is 17.1. The van der Waals surface area contributed by atoms with Gasteiger partial charge in [0.05, 0.1) is 11.2 Å². The van der Waals surface area contributed by atoms with Gasteiger partial charge in [-0.3, -0.25) is 9.78 Å². The zero-order valence-corrected chi connectivity index (χ0v) is 17.5. The summed E-state index contributed by atoms with van der Waals surface area (Å²) >= 11 is 6.70. The van der Waals surface area contributed by atoms with Gasteiger partial charge >= 0.3 is 0 Å². The third kappa shape index (κ3) is 4.45. The summed E-state index contributed by atoms with van der Waals surface area (Å²) in [6.07, 6.45) is 6.48. The summed E-state index contributed by atoms with van der Waals surface area (Å²) in [6.45, 7) is 0. The molecular weight excluding hydrogens is 477 g/mol. The van der Waals surface area contributed by atoms with E-state index in [1.54, 1.807) is 24.4 Å². The topological polar surface area (TPSA) is 65.8 Å². The van der Waals surface area contributed by atoms with Crippen LogP contribution in [-0.2, 0) is 10.3 Å². The average Bonchev–Trinajstić information content (AvgIpc) is 3.11. The zero-order chi connectivity index (χ0) is 19.4. The summed E-state index contributed by atoms with van der Waals surface area (Å²) < 4.78 is 14.8. The second-order valence-electron chi connectivity index (χ2n) is 6.44. The monoisotopic (exact) mass is 491 g/mol. The fraction of sp³-hybridized carbons (Fsp3) is 0.250. The molecule has 0 unspecified atom stereocenters. The molecule has 1 fully saturated rings. The van der Waals surface area contributed by atoms with Crippen molar-refractivity contribution in [2.45, 2.75) is 31.2 Å². The van der Waals surface area contributed by atoms with Gasteiger partial charge in [0, 0.05) is 15.1 Å². The number of benzene rings is 1. The highest BCUT2D eigenvalue weighted by Crippen LogP contribution is 2.39. The number of hydrogen-bond donors (Lipinski definition) is 1. The predicted octanol–water partition coefficient (Wildman–Crippen LogP) is 5.24. The average molecular weight is 493 g/mol. The van der Waals surface area contributed by atoms with Crippen molar-refractivity contribution in [1.82, 2.24) is 10.3 Å². The van der Waals surface area contributed by atoms with Crippen LogP contribution in [0.1, 0.15) is 36.9 Å². The number of nitrogens with one attached hydrogen (secondary N) is 1. The maximum absolute atomic E-state index is 13.3. The van der Waals surface area contributed by atoms with E-state index in [4.69, 9.17) is 0 Å². The van der Waals surface area contributed by atoms with Crippen LogP contribution in [0.4, 0.5) is 4.39 Å². The van der Waals surface area contributed by atoms with E-state index in [1.807, 2.05) is 6.07 Å². The van der Waals surface area contributed by atoms with E-state index in [-0.39, 0.29) is 11.4 Å². The molecule has 2 aromatic rings. The predicted molar refractivity (Wildman–Crippen MR) is 108 cm³/mol. The molecule has 0 saturated heterocycles. The number of carbonyl (C=O) groups is 1. The number of hydrogen-bond acceptors (Lipinski definition) is 3. The fourth-order valence-corrected chi connectivity index (χ4v) is 4.44. The van der Waals surface area contributed by atoms with Crippen molar-refractivity contribution < 1.29 is 9.18 Å². The largest absolute Gasteiger partial charge is 0.342 e. The summed E-state index contributed by atoms with van der Waals surface area (Å²) in [5, 5.41) is 12.5. The van der Waals surface area contributed by atoms with Crippen molar-refractivity contribution in [3.8, 4) is 6.07 Å². The first kappa shape index (κ1) is 19.7. The lowest BCUT2D eigenvalue weighted by Gasteiger charge is -2.31. The number of nitriles is 1. The van der Waals surface area contributed by atoms with Crippen molar-refractivity contribution >= 4 is 43.8 Å². The van der Waals surface area contributed by atoms with Gasteiger partial charge in [0.15, 0.2) is 0 Å². The van der Waals surface area contributed by atoms with Crippen LogP contribution in [0.3, 0.4) is 0 Å². The maximum atomic E-state index is 13.3. The van der Waals surface area contributed by atoms with Crippen LogP contribution in [0.2, 0.25) is 0 Å². The van der Waals surface area contributed by atoms with Crippen molar-refractivity contribution in [3.05, 3.63) is 68.1 Å². The maximum Gasteiger partial charge on any atom is 0.262 e. The SMILES string of the molecule is N#C/C(=C\c1ncc(Br)cc1Br)C(=O)NC1(c2ccc(F)cc2)CCCC1. The molecule has 3 rings (SSSR count). The van der Waals surface area contributed by atoms with Gasteiger partial charge in [0.1, 0.15) is 17.5 Å². The third-order valence-corrected chi connectivity index (χ3v) is 5.76. The van der Waals surface area contributed by atoms with Gasteiger partial charge in [0.2, 0.25) is 0 Å². The van der Waals surface area contributed by atoms with Crippen molar-refractivity contribution in [1.29, 1.82) is 5.26 Å². The van der Waals surface area contributed by atoms with E-state index in [2.05, 4.69) is 42.2 Å². The van der Waals surface area contributed by atoms with E-state index in [9.17, 15) is 14.4 Å². The lowest BCUT2D eigenvalue weighted by Crippen LogP contribution is -2.44. The number of aromatic nitrogens is 1. The summed E-state index contributed by atoms with van der Waals surface area (Å²) in [7, 11) is 0. The van der Waals surface area contributed by atoms with Gasteiger partial charge in [-0.1, -0.05) is 25.0 Å². The molecule has 1 aromatic carbocycles. The van der Waals surface area contributed by atoms with E-state index < -0.39 is 11.4 Å². The zero-order valence-electron chi connectivity index (χ0n) is 14.3. The normalized spacial score (nSPS) is 16.0. The molecule has 0 spiro atoms. The Morgan fingerprint density at radius 2 is 1.93 bits per heavy atom. The Balaban J connectivity index is 1.89. The Labute approximate surface area is 173 Å². The van der Waals surface area contributed by atoms with Gasteiger partial charge in [-0.2, -0.15) is 5.26 Å². The second-order valence-corrected chi connectivity index (χ2v) is 8.21. The molecule has 1 aromatic heterocycles. The first-order chi connectivity index (χ1) is 12.9. The summed E-state index contributed by atoms with van der Waals surface area (Å²) in [5.41, 5.74) is 0.742. The van der Waals surface area contributed by atoms with E-state index in [0.29, 0.717) is 10.2 Å². The molecule has 27 heavy (non-hydrogen) atoms. The van der Waals surface area contributed by atoms with Crippen molar-refractivity contribution in [3.63, 3.8) is 0 Å². The Bertz CT molecular complexity index is 929. The lowest BCUT2D eigenvalue weighted by atomic mass is 9.87. The van der Waals surface area contributed by atoms with Crippen LogP contribution in [0.15, 0.2) is 51.0 Å². The van der Waals surface area contributed by atoms with Gasteiger partial charge in [-0.15, -0.1) is 0 Å². The molecule has 1 N–H and O–H groups in total. The number of carbonyl (C=O) groups excluding carboxylic acids is 1. The van der Waals surface area contributed by atoms with E-state index >= 15 is 0 Å². The number of pyridine rings is 1. The van der Waals surface area contributed by atoms with Crippen LogP contribution in [0.5, 0.6) is 0 Å². The minimum Gasteiger partial charge on any atom is -0.342 e. The van der Waals surface area contributed by atoms with Crippen LogP contribution in [-0.4, -0.2) is 10.9 Å². The van der Waals surface area contributed by atoms with Crippen LogP contribution < -0.4 is 5.32 Å². The van der Waals surface area contributed by atoms with Crippen molar-refractivity contribution in [2.24, 2.45) is 0 Å². The molecule has 138 valence electrons. The fourth-order valence-electron chi connectivity index (χ4n) is 3.33. The minimum absolute atomic E-state index is 0.0288. The molecule has 7 heteroatoms. The highest BCUT2D eigenvalue weighted by molar-refractivity contribution is 9.11. The molecule has 4 nitrogen and oxygen atoms in total. The summed E-state index contributed by atoms with van der Waals surface area (Å²) in [6, 6.07) is 9.94. The van der Waals surface area contributed by atoms with Gasteiger partial charge in [0.25, 0.3) is 5.91 Å². The third-order valence-electron chi connectivity index (χ3n) is 4.69. The minimum atomic E-state index is -0.578. The van der Waals surface area contributed by atoms with Crippen LogP contribution in [0.25, 0.3) is 6.08 Å². The molecule has 1 aliphatic rings. The number of nitrogens with zero attached hydrogens (tertiary/aromatic N) is 2. The van der Waals surface area contributed by atoms with Gasteiger partial charge in [-0.25, -0.2) is 4.39 Å². The first-order valence-electron chi connectivity index (χ1n) is 8.45. The second kappa shape index (κ2) is 8.32. The molecular formula is C20H16Br2FN3O. The standard InChI is InChI=1S/C20H16Br2FN3O/c21-15-10-17(22)18(25-12-15)9-13(11-24)19(27)26-20(7-1-2-8-20)14-3-5-16(23)6-4-14/h3-6,9-10,12H,1-2,7-8H2,(H,26,27)/b13-9+.